The fourth-order valence-corrected chi connectivity index (χ4v) is 2.61. The molecule has 22 heavy (non-hydrogen) atoms. The van der Waals surface area contributed by atoms with Crippen LogP contribution in [-0.2, 0) is 4.79 Å². The summed E-state index contributed by atoms with van der Waals surface area (Å²) in [5.41, 5.74) is 2.14. The van der Waals surface area contributed by atoms with Crippen molar-refractivity contribution >= 4 is 23.3 Å². The summed E-state index contributed by atoms with van der Waals surface area (Å²) in [6.07, 6.45) is 1.72. The molecule has 0 aliphatic heterocycles. The first-order chi connectivity index (χ1) is 10.8. The van der Waals surface area contributed by atoms with Crippen LogP contribution in [-0.4, -0.2) is 43.0 Å². The number of thioether (sulfide) groups is 1. The van der Waals surface area contributed by atoms with Crippen LogP contribution < -0.4 is 5.32 Å². The number of rotatable bonds is 5. The van der Waals surface area contributed by atoms with Gasteiger partial charge in [-0.1, -0.05) is 17.8 Å². The van der Waals surface area contributed by atoms with Crippen LogP contribution in [0.15, 0.2) is 41.7 Å². The SMILES string of the molecule is CCNC(=O)CSc1nnc2ccc(-c3ccccn3)nn12. The molecule has 0 atom stereocenters. The maximum atomic E-state index is 11.5. The average molecular weight is 314 g/mol. The molecule has 8 heteroatoms. The van der Waals surface area contributed by atoms with Gasteiger partial charge in [-0.05, 0) is 31.2 Å². The smallest absolute Gasteiger partial charge is 0.230 e. The minimum Gasteiger partial charge on any atom is -0.356 e. The Kier molecular flexibility index (Phi) is 4.29. The predicted molar refractivity (Wildman–Crippen MR) is 83.4 cm³/mol. The second-order valence-electron chi connectivity index (χ2n) is 4.43. The molecule has 3 heterocycles. The molecule has 0 saturated carbocycles. The Morgan fingerprint density at radius 3 is 2.91 bits per heavy atom. The van der Waals surface area contributed by atoms with Gasteiger partial charge in [-0.25, -0.2) is 0 Å². The molecule has 7 nitrogen and oxygen atoms in total. The lowest BCUT2D eigenvalue weighted by atomic mass is 10.2. The van der Waals surface area contributed by atoms with Crippen LogP contribution in [0.5, 0.6) is 0 Å². The number of hydrogen-bond donors (Lipinski definition) is 1. The van der Waals surface area contributed by atoms with E-state index in [0.29, 0.717) is 17.3 Å². The number of nitrogens with one attached hydrogen (secondary N) is 1. The average Bonchev–Trinajstić information content (AvgIpc) is 2.96. The lowest BCUT2D eigenvalue weighted by Gasteiger charge is -2.02. The molecule has 0 bridgehead atoms. The van der Waals surface area contributed by atoms with Crippen LogP contribution in [0.3, 0.4) is 0 Å². The van der Waals surface area contributed by atoms with Crippen molar-refractivity contribution in [3.8, 4) is 11.4 Å². The van der Waals surface area contributed by atoms with E-state index in [2.05, 4.69) is 25.6 Å². The minimum atomic E-state index is -0.0369. The van der Waals surface area contributed by atoms with Crippen molar-refractivity contribution in [3.05, 3.63) is 36.5 Å². The number of pyridine rings is 1. The lowest BCUT2D eigenvalue weighted by Crippen LogP contribution is -2.24. The standard InChI is InChI=1S/C14H14N6OS/c1-2-15-13(21)9-22-14-18-17-12-7-6-11(19-20(12)14)10-5-3-4-8-16-10/h3-8H,2,9H2,1H3,(H,15,21). The number of amides is 1. The zero-order chi connectivity index (χ0) is 15.4. The number of hydrogen-bond acceptors (Lipinski definition) is 6. The van der Waals surface area contributed by atoms with Gasteiger partial charge in [0.15, 0.2) is 5.65 Å². The first kappa shape index (κ1) is 14.5. The molecule has 1 amide bonds. The van der Waals surface area contributed by atoms with Crippen molar-refractivity contribution in [2.75, 3.05) is 12.3 Å². The first-order valence-electron chi connectivity index (χ1n) is 6.81. The molecular weight excluding hydrogens is 300 g/mol. The van der Waals surface area contributed by atoms with Crippen molar-refractivity contribution in [1.82, 2.24) is 30.1 Å². The lowest BCUT2D eigenvalue weighted by molar-refractivity contribution is -0.118. The maximum Gasteiger partial charge on any atom is 0.230 e. The third kappa shape index (κ3) is 3.06. The highest BCUT2D eigenvalue weighted by molar-refractivity contribution is 7.99. The van der Waals surface area contributed by atoms with Crippen LogP contribution in [0.1, 0.15) is 6.92 Å². The Balaban J connectivity index is 1.87. The monoisotopic (exact) mass is 314 g/mol. The molecule has 0 unspecified atom stereocenters. The van der Waals surface area contributed by atoms with Gasteiger partial charge in [0.25, 0.3) is 0 Å². The van der Waals surface area contributed by atoms with Crippen molar-refractivity contribution in [1.29, 1.82) is 0 Å². The predicted octanol–water partition coefficient (Wildman–Crippen LogP) is 1.41. The van der Waals surface area contributed by atoms with Gasteiger partial charge in [0, 0.05) is 12.7 Å². The molecule has 112 valence electrons. The fourth-order valence-electron chi connectivity index (χ4n) is 1.89. The van der Waals surface area contributed by atoms with E-state index < -0.39 is 0 Å². The molecule has 0 saturated heterocycles. The molecule has 3 aromatic rings. The number of carbonyl (C=O) groups is 1. The maximum absolute atomic E-state index is 11.5. The Labute approximate surface area is 131 Å². The van der Waals surface area contributed by atoms with Gasteiger partial charge in [0.05, 0.1) is 11.4 Å². The first-order valence-corrected chi connectivity index (χ1v) is 7.80. The van der Waals surface area contributed by atoms with Gasteiger partial charge in [0.2, 0.25) is 11.1 Å². The molecule has 1 N–H and O–H groups in total. The minimum absolute atomic E-state index is 0.0369. The van der Waals surface area contributed by atoms with E-state index in [-0.39, 0.29) is 11.7 Å². The van der Waals surface area contributed by atoms with E-state index in [9.17, 15) is 4.79 Å². The number of carbonyl (C=O) groups excluding carboxylic acids is 1. The summed E-state index contributed by atoms with van der Waals surface area (Å²) in [5, 5.41) is 16.0. The van der Waals surface area contributed by atoms with Crippen molar-refractivity contribution in [2.45, 2.75) is 12.1 Å². The van der Waals surface area contributed by atoms with Gasteiger partial charge < -0.3 is 5.32 Å². The van der Waals surface area contributed by atoms with E-state index in [1.807, 2.05) is 37.3 Å². The highest BCUT2D eigenvalue weighted by Gasteiger charge is 2.11. The van der Waals surface area contributed by atoms with Gasteiger partial charge in [-0.3, -0.25) is 9.78 Å². The topological polar surface area (TPSA) is 85.1 Å². The van der Waals surface area contributed by atoms with Crippen molar-refractivity contribution < 1.29 is 4.79 Å². The van der Waals surface area contributed by atoms with Crippen molar-refractivity contribution in [3.63, 3.8) is 0 Å². The van der Waals surface area contributed by atoms with Gasteiger partial charge in [0.1, 0.15) is 5.69 Å². The van der Waals surface area contributed by atoms with E-state index in [1.165, 1.54) is 11.8 Å². The van der Waals surface area contributed by atoms with E-state index in [0.717, 1.165) is 11.4 Å². The molecule has 0 radical (unpaired) electrons. The summed E-state index contributed by atoms with van der Waals surface area (Å²) < 4.78 is 1.63. The van der Waals surface area contributed by atoms with E-state index >= 15 is 0 Å². The molecule has 0 aliphatic rings. The quantitative estimate of drug-likeness (QED) is 0.717. The molecule has 3 aromatic heterocycles. The van der Waals surface area contributed by atoms with Crippen molar-refractivity contribution in [2.24, 2.45) is 0 Å². The van der Waals surface area contributed by atoms with Crippen LogP contribution in [0.4, 0.5) is 0 Å². The zero-order valence-electron chi connectivity index (χ0n) is 11.9. The molecule has 0 aromatic carbocycles. The molecular formula is C14H14N6OS. The Bertz CT molecular complexity index is 788. The summed E-state index contributed by atoms with van der Waals surface area (Å²) in [5.74, 6) is 0.245. The summed E-state index contributed by atoms with van der Waals surface area (Å²) >= 11 is 1.30. The fraction of sp³-hybridized carbons (Fsp3) is 0.214. The molecule has 0 fully saturated rings. The largest absolute Gasteiger partial charge is 0.356 e. The van der Waals surface area contributed by atoms with Crippen LogP contribution in [0.25, 0.3) is 17.0 Å². The van der Waals surface area contributed by atoms with Crippen LogP contribution in [0.2, 0.25) is 0 Å². The second kappa shape index (κ2) is 6.52. The van der Waals surface area contributed by atoms with Gasteiger partial charge in [-0.15, -0.1) is 10.2 Å². The summed E-state index contributed by atoms with van der Waals surface area (Å²) in [6, 6.07) is 9.34. The second-order valence-corrected chi connectivity index (χ2v) is 5.37. The number of aromatic nitrogens is 5. The normalized spacial score (nSPS) is 10.8. The summed E-state index contributed by atoms with van der Waals surface area (Å²) in [4.78, 5) is 15.8. The number of fused-ring (bicyclic) bond motifs is 1. The molecule has 0 spiro atoms. The highest BCUT2D eigenvalue weighted by Crippen LogP contribution is 2.19. The third-order valence-electron chi connectivity index (χ3n) is 2.87. The summed E-state index contributed by atoms with van der Waals surface area (Å²) in [7, 11) is 0. The molecule has 3 rings (SSSR count). The highest BCUT2D eigenvalue weighted by atomic mass is 32.2. The summed E-state index contributed by atoms with van der Waals surface area (Å²) in [6.45, 7) is 2.50. The Hall–Kier alpha value is -2.48. The Morgan fingerprint density at radius 1 is 1.23 bits per heavy atom. The van der Waals surface area contributed by atoms with Crippen LogP contribution in [0, 0.1) is 0 Å². The zero-order valence-corrected chi connectivity index (χ0v) is 12.7. The van der Waals surface area contributed by atoms with E-state index in [1.54, 1.807) is 10.7 Å². The Morgan fingerprint density at radius 2 is 2.14 bits per heavy atom. The van der Waals surface area contributed by atoms with Gasteiger partial charge >= 0.3 is 0 Å². The third-order valence-corrected chi connectivity index (χ3v) is 3.79. The van der Waals surface area contributed by atoms with E-state index in [4.69, 9.17) is 0 Å². The van der Waals surface area contributed by atoms with Crippen LogP contribution >= 0.6 is 11.8 Å². The van der Waals surface area contributed by atoms with Gasteiger partial charge in [-0.2, -0.15) is 9.61 Å². The molecule has 0 aliphatic carbocycles. The number of nitrogens with zero attached hydrogens (tertiary/aromatic N) is 5.